The highest BCUT2D eigenvalue weighted by molar-refractivity contribution is 7.98. The van der Waals surface area contributed by atoms with Gasteiger partial charge < -0.3 is 15.4 Å². The molecule has 2 aromatic rings. The summed E-state index contributed by atoms with van der Waals surface area (Å²) in [4.78, 5) is 26.0. The highest BCUT2D eigenvalue weighted by Crippen LogP contribution is 2.55. The van der Waals surface area contributed by atoms with Crippen LogP contribution in [0.2, 0.25) is 0 Å². The summed E-state index contributed by atoms with van der Waals surface area (Å²) in [6.07, 6.45) is 4.21. The number of amides is 4. The average molecular weight is 615 g/mol. The van der Waals surface area contributed by atoms with Crippen LogP contribution in [0.4, 0.5) is 21.0 Å². The van der Waals surface area contributed by atoms with E-state index in [1.807, 2.05) is 12.1 Å². The van der Waals surface area contributed by atoms with Crippen LogP contribution in [0.3, 0.4) is 0 Å². The van der Waals surface area contributed by atoms with Gasteiger partial charge in [0.05, 0.1) is 11.4 Å². The molecule has 0 spiro atoms. The molecule has 0 saturated heterocycles. The van der Waals surface area contributed by atoms with Crippen LogP contribution in [0.25, 0.3) is 0 Å². The number of fused-ring (bicyclic) bond motifs is 2. The molecule has 9 heteroatoms. The zero-order valence-corrected chi connectivity index (χ0v) is 28.7. The predicted octanol–water partition coefficient (Wildman–Crippen LogP) is 9.85. The number of nitrogens with one attached hydrogen (secondary N) is 4. The van der Waals surface area contributed by atoms with Crippen molar-refractivity contribution in [2.75, 3.05) is 22.1 Å². The Morgan fingerprint density at radius 2 is 1.10 bits per heavy atom. The largest absolute Gasteiger partial charge is 0.452 e. The molecule has 1 heterocycles. The summed E-state index contributed by atoms with van der Waals surface area (Å²) >= 11 is 2.81. The fourth-order valence-corrected chi connectivity index (χ4v) is 6.10. The number of benzene rings is 2. The Balaban J connectivity index is 2.11. The number of ether oxygens (including phenoxy) is 1. The van der Waals surface area contributed by atoms with Gasteiger partial charge in [0, 0.05) is 28.0 Å². The average Bonchev–Trinajstić information content (AvgIpc) is 2.88. The highest BCUT2D eigenvalue weighted by Gasteiger charge is 2.39. The molecule has 0 fully saturated rings. The van der Waals surface area contributed by atoms with Gasteiger partial charge in [0.15, 0.2) is 11.5 Å². The third kappa shape index (κ3) is 8.31. The van der Waals surface area contributed by atoms with Crippen molar-refractivity contribution in [3.63, 3.8) is 0 Å². The molecule has 0 aliphatic carbocycles. The smallest absolute Gasteiger partial charge is 0.329 e. The number of unbranched alkanes of at least 4 members (excludes halogenated alkanes) is 2. The summed E-state index contributed by atoms with van der Waals surface area (Å²) in [6.45, 7) is 21.6. The van der Waals surface area contributed by atoms with Gasteiger partial charge in [-0.1, -0.05) is 94.2 Å². The molecule has 2 aromatic carbocycles. The normalized spacial score (nSPS) is 13.9. The van der Waals surface area contributed by atoms with E-state index in [0.717, 1.165) is 59.4 Å². The predicted molar refractivity (Wildman–Crippen MR) is 182 cm³/mol. The van der Waals surface area contributed by atoms with Crippen LogP contribution in [0.1, 0.15) is 117 Å². The molecule has 0 atom stereocenters. The molecule has 7 nitrogen and oxygen atoms in total. The second-order valence-corrected chi connectivity index (χ2v) is 15.3. The van der Waals surface area contributed by atoms with Crippen LogP contribution in [0.15, 0.2) is 24.3 Å². The standard InChI is InChI=1S/C33H50N4O3S2/c1-11-13-15-41-36-29(38)34-25-19-21(31(3,4)5)17-23-27(25)40-28-24(33(23,9)10)18-22(32(6,7)8)20-26(28)35-30(39)37-42-16-14-12-2/h17-20H,11-16H2,1-10H3,(H2,34,36,38)(H2,35,37,39). The Morgan fingerprint density at radius 3 is 1.43 bits per heavy atom. The summed E-state index contributed by atoms with van der Waals surface area (Å²) in [5.74, 6) is 2.90. The van der Waals surface area contributed by atoms with Gasteiger partial charge in [-0.25, -0.2) is 9.59 Å². The van der Waals surface area contributed by atoms with Crippen LogP contribution in [-0.4, -0.2) is 23.6 Å². The van der Waals surface area contributed by atoms with Gasteiger partial charge in [0.25, 0.3) is 0 Å². The van der Waals surface area contributed by atoms with E-state index in [1.54, 1.807) is 0 Å². The van der Waals surface area contributed by atoms with E-state index in [2.05, 4.69) is 101 Å². The van der Waals surface area contributed by atoms with E-state index in [0.29, 0.717) is 22.9 Å². The molecule has 4 N–H and O–H groups in total. The molecular formula is C33H50N4O3S2. The first-order valence-corrected chi connectivity index (χ1v) is 17.0. The Hall–Kier alpha value is -2.52. The zero-order chi connectivity index (χ0) is 31.3. The van der Waals surface area contributed by atoms with Gasteiger partial charge in [-0.15, -0.1) is 0 Å². The Kier molecular flexibility index (Phi) is 11.2. The van der Waals surface area contributed by atoms with E-state index in [4.69, 9.17) is 4.74 Å². The molecule has 1 aliphatic heterocycles. The van der Waals surface area contributed by atoms with Gasteiger partial charge in [0.2, 0.25) is 0 Å². The topological polar surface area (TPSA) is 91.5 Å². The molecular weight excluding hydrogens is 565 g/mol. The molecule has 0 unspecified atom stereocenters. The first kappa shape index (κ1) is 34.0. The molecule has 3 rings (SSSR count). The zero-order valence-electron chi connectivity index (χ0n) is 27.1. The maximum Gasteiger partial charge on any atom is 0.329 e. The molecule has 42 heavy (non-hydrogen) atoms. The van der Waals surface area contributed by atoms with E-state index in [1.165, 1.54) is 23.9 Å². The minimum Gasteiger partial charge on any atom is -0.452 e. The summed E-state index contributed by atoms with van der Waals surface area (Å²) in [6, 6.07) is 7.83. The molecule has 0 aromatic heterocycles. The fraction of sp³-hybridized carbons (Fsp3) is 0.576. The lowest BCUT2D eigenvalue weighted by atomic mass is 9.71. The summed E-state index contributed by atoms with van der Waals surface area (Å²) < 4.78 is 12.5. The number of rotatable bonds is 10. The van der Waals surface area contributed by atoms with Crippen molar-refractivity contribution in [2.45, 2.75) is 111 Å². The van der Waals surface area contributed by atoms with E-state index in [-0.39, 0.29) is 22.9 Å². The van der Waals surface area contributed by atoms with Crippen molar-refractivity contribution < 1.29 is 14.3 Å². The van der Waals surface area contributed by atoms with Crippen LogP contribution in [0, 0.1) is 0 Å². The molecule has 0 saturated carbocycles. The number of anilines is 2. The first-order valence-electron chi connectivity index (χ1n) is 15.0. The second-order valence-electron chi connectivity index (χ2n) is 13.5. The van der Waals surface area contributed by atoms with Gasteiger partial charge in [0.1, 0.15) is 0 Å². The van der Waals surface area contributed by atoms with Crippen molar-refractivity contribution in [3.8, 4) is 11.5 Å². The first-order chi connectivity index (χ1) is 19.6. The van der Waals surface area contributed by atoms with Crippen LogP contribution in [-0.2, 0) is 16.2 Å². The Bertz CT molecular complexity index is 1180. The van der Waals surface area contributed by atoms with E-state index < -0.39 is 5.41 Å². The number of carbonyl (C=O) groups is 2. The third-order valence-electron chi connectivity index (χ3n) is 7.49. The minimum absolute atomic E-state index is 0.151. The van der Waals surface area contributed by atoms with Gasteiger partial charge in [-0.2, -0.15) is 0 Å². The van der Waals surface area contributed by atoms with Gasteiger partial charge in [-0.3, -0.25) is 9.44 Å². The number of hydrogen-bond donors (Lipinski definition) is 4. The minimum atomic E-state index is -0.475. The number of urea groups is 2. The molecule has 232 valence electrons. The maximum absolute atomic E-state index is 13.0. The molecule has 0 bridgehead atoms. The Labute approximate surface area is 261 Å². The number of carbonyl (C=O) groups excluding carboxylic acids is 2. The van der Waals surface area contributed by atoms with Crippen molar-refractivity contribution in [3.05, 3.63) is 46.5 Å². The monoisotopic (exact) mass is 614 g/mol. The number of hydrogen-bond acceptors (Lipinski definition) is 5. The van der Waals surface area contributed by atoms with Crippen molar-refractivity contribution in [1.82, 2.24) is 9.44 Å². The quantitative estimate of drug-likeness (QED) is 0.158. The lowest BCUT2D eigenvalue weighted by Gasteiger charge is -2.39. The van der Waals surface area contributed by atoms with Crippen molar-refractivity contribution >= 4 is 47.3 Å². The summed E-state index contributed by atoms with van der Waals surface area (Å²) in [5, 5.41) is 6.13. The fourth-order valence-electron chi connectivity index (χ4n) is 4.67. The van der Waals surface area contributed by atoms with E-state index in [9.17, 15) is 9.59 Å². The second kappa shape index (κ2) is 13.8. The van der Waals surface area contributed by atoms with E-state index >= 15 is 0 Å². The summed E-state index contributed by atoms with van der Waals surface area (Å²) in [7, 11) is 0. The SMILES string of the molecule is CCCCSNC(=O)Nc1cc(C(C)(C)C)cc2c1Oc1c(NC(=O)NSCCCC)cc(C(C)(C)C)cc1C2(C)C. The van der Waals surface area contributed by atoms with Crippen LogP contribution in [0.5, 0.6) is 11.5 Å². The molecule has 0 radical (unpaired) electrons. The maximum atomic E-state index is 13.0. The third-order valence-corrected chi connectivity index (χ3v) is 9.13. The van der Waals surface area contributed by atoms with Crippen LogP contribution >= 0.6 is 23.9 Å². The highest BCUT2D eigenvalue weighted by atomic mass is 32.2. The molecule has 4 amide bonds. The van der Waals surface area contributed by atoms with Crippen molar-refractivity contribution in [1.29, 1.82) is 0 Å². The summed E-state index contributed by atoms with van der Waals surface area (Å²) in [5.41, 5.74) is 4.62. The molecule has 1 aliphatic rings. The van der Waals surface area contributed by atoms with Crippen LogP contribution < -0.4 is 24.8 Å². The van der Waals surface area contributed by atoms with Gasteiger partial charge >= 0.3 is 12.1 Å². The lowest BCUT2D eigenvalue weighted by Crippen LogP contribution is -2.30. The van der Waals surface area contributed by atoms with Gasteiger partial charge in [-0.05, 0) is 70.8 Å². The lowest BCUT2D eigenvalue weighted by molar-refractivity contribution is 0.256. The van der Waals surface area contributed by atoms with Crippen molar-refractivity contribution in [2.24, 2.45) is 0 Å². The Morgan fingerprint density at radius 1 is 0.714 bits per heavy atom.